The molecule has 0 aliphatic heterocycles. The summed E-state index contributed by atoms with van der Waals surface area (Å²) >= 11 is 0. The molecule has 0 amide bonds. The molecule has 0 heterocycles. The van der Waals surface area contributed by atoms with Crippen LogP contribution in [-0.4, -0.2) is 23.7 Å². The Morgan fingerprint density at radius 3 is 2.30 bits per heavy atom. The van der Waals surface area contributed by atoms with Gasteiger partial charge in [-0.15, -0.1) is 6.42 Å². The third kappa shape index (κ3) is 2.22. The van der Waals surface area contributed by atoms with Gasteiger partial charge in [-0.2, -0.15) is 0 Å². The molecule has 0 unspecified atom stereocenters. The van der Waals surface area contributed by atoms with Crippen LogP contribution in [0.1, 0.15) is 34.6 Å². The lowest BCUT2D eigenvalue weighted by molar-refractivity contribution is -0.150. The summed E-state index contributed by atoms with van der Waals surface area (Å²) in [5, 5.41) is 9.68. The van der Waals surface area contributed by atoms with Crippen molar-refractivity contribution in [3.63, 3.8) is 0 Å². The zero-order valence-electron chi connectivity index (χ0n) is 12.7. The van der Waals surface area contributed by atoms with Gasteiger partial charge in [-0.1, -0.05) is 46.6 Å². The SMILES string of the molecule is C#CCOC(=O)/C=C\[C@H]1C(C)(C)[C@]1(C(=O)O)C(C)(C)C. The molecule has 1 rings (SSSR count). The molecule has 4 heteroatoms. The number of carboxylic acid groups (broad SMARTS) is 1. The smallest absolute Gasteiger partial charge is 0.331 e. The molecule has 1 saturated carbocycles. The van der Waals surface area contributed by atoms with Gasteiger partial charge in [-0.25, -0.2) is 4.79 Å². The van der Waals surface area contributed by atoms with Gasteiger partial charge in [0.1, 0.15) is 0 Å². The van der Waals surface area contributed by atoms with Crippen molar-refractivity contribution in [3.8, 4) is 12.3 Å². The molecule has 1 aliphatic carbocycles. The average molecular weight is 278 g/mol. The fourth-order valence-corrected chi connectivity index (χ4v) is 3.69. The Morgan fingerprint density at radius 2 is 1.95 bits per heavy atom. The monoisotopic (exact) mass is 278 g/mol. The molecule has 2 atom stereocenters. The van der Waals surface area contributed by atoms with Crippen LogP contribution in [0.4, 0.5) is 0 Å². The number of hydrogen-bond donors (Lipinski definition) is 1. The predicted molar refractivity (Wildman–Crippen MR) is 75.7 cm³/mol. The van der Waals surface area contributed by atoms with E-state index in [4.69, 9.17) is 11.2 Å². The Hall–Kier alpha value is -1.76. The molecule has 1 N–H and O–H groups in total. The Morgan fingerprint density at radius 1 is 1.40 bits per heavy atom. The van der Waals surface area contributed by atoms with E-state index in [1.54, 1.807) is 6.08 Å². The van der Waals surface area contributed by atoms with Gasteiger partial charge >= 0.3 is 11.9 Å². The maximum absolute atomic E-state index is 11.8. The number of carbonyl (C=O) groups excluding carboxylic acids is 1. The van der Waals surface area contributed by atoms with E-state index in [0.717, 1.165) is 0 Å². The van der Waals surface area contributed by atoms with Crippen LogP contribution >= 0.6 is 0 Å². The van der Waals surface area contributed by atoms with Crippen molar-refractivity contribution in [2.45, 2.75) is 34.6 Å². The summed E-state index contributed by atoms with van der Waals surface area (Å²) in [7, 11) is 0. The molecule has 0 radical (unpaired) electrons. The first-order valence-corrected chi connectivity index (χ1v) is 6.55. The van der Waals surface area contributed by atoms with Crippen LogP contribution < -0.4 is 0 Å². The molecule has 0 aromatic carbocycles. The van der Waals surface area contributed by atoms with Crippen molar-refractivity contribution in [1.82, 2.24) is 0 Å². The number of ether oxygens (including phenoxy) is 1. The zero-order valence-corrected chi connectivity index (χ0v) is 12.7. The van der Waals surface area contributed by atoms with Crippen LogP contribution in [0.5, 0.6) is 0 Å². The van der Waals surface area contributed by atoms with Crippen molar-refractivity contribution < 1.29 is 19.4 Å². The number of terminal acetylenes is 1. The van der Waals surface area contributed by atoms with E-state index in [-0.39, 0.29) is 12.5 Å². The highest BCUT2D eigenvalue weighted by Gasteiger charge is 2.79. The van der Waals surface area contributed by atoms with Gasteiger partial charge in [0.2, 0.25) is 0 Å². The third-order valence-corrected chi connectivity index (χ3v) is 4.42. The van der Waals surface area contributed by atoms with Gasteiger partial charge in [0.15, 0.2) is 6.61 Å². The highest BCUT2D eigenvalue weighted by molar-refractivity contribution is 5.85. The summed E-state index contributed by atoms with van der Waals surface area (Å²) in [6.45, 7) is 9.47. The van der Waals surface area contributed by atoms with E-state index in [9.17, 15) is 14.7 Å². The first-order valence-electron chi connectivity index (χ1n) is 6.55. The first kappa shape index (κ1) is 16.3. The lowest BCUT2D eigenvalue weighted by atomic mass is 9.72. The standard InChI is InChI=1S/C16H22O4/c1-7-10-20-12(17)9-8-11-15(5,6)16(11,13(18)19)14(2,3)4/h1,8-9,11H,10H2,2-6H3,(H,18,19)/b9-8-/t11-,16+/m0/s1. The summed E-state index contributed by atoms with van der Waals surface area (Å²) in [6.07, 6.45) is 7.91. The predicted octanol–water partition coefficient (Wildman–Crippen LogP) is 2.49. The molecule has 4 nitrogen and oxygen atoms in total. The summed E-state index contributed by atoms with van der Waals surface area (Å²) in [5.41, 5.74) is -1.72. The average Bonchev–Trinajstić information content (AvgIpc) is 2.80. The molecule has 0 aromatic rings. The second kappa shape index (κ2) is 4.97. The fraction of sp³-hybridized carbons (Fsp3) is 0.625. The Labute approximate surface area is 120 Å². The van der Waals surface area contributed by atoms with Gasteiger partial charge in [0.05, 0.1) is 5.41 Å². The van der Waals surface area contributed by atoms with Gasteiger partial charge < -0.3 is 9.84 Å². The Kier molecular flexibility index (Phi) is 4.05. The highest BCUT2D eigenvalue weighted by atomic mass is 16.5. The van der Waals surface area contributed by atoms with Crippen molar-refractivity contribution >= 4 is 11.9 Å². The number of hydrogen-bond acceptors (Lipinski definition) is 3. The third-order valence-electron chi connectivity index (χ3n) is 4.42. The number of aliphatic carboxylic acids is 1. The lowest BCUT2D eigenvalue weighted by Crippen LogP contribution is -2.35. The minimum absolute atomic E-state index is 0.0828. The number of carbonyl (C=O) groups is 2. The van der Waals surface area contributed by atoms with Crippen molar-refractivity contribution in [2.75, 3.05) is 6.61 Å². The number of allylic oxidation sites excluding steroid dienone is 1. The molecular formula is C16H22O4. The number of rotatable bonds is 4. The molecule has 0 bridgehead atoms. The topological polar surface area (TPSA) is 63.6 Å². The van der Waals surface area contributed by atoms with E-state index in [2.05, 4.69) is 5.92 Å². The van der Waals surface area contributed by atoms with Gasteiger partial charge in [-0.3, -0.25) is 4.79 Å². The van der Waals surface area contributed by atoms with Crippen molar-refractivity contribution in [3.05, 3.63) is 12.2 Å². The molecule has 20 heavy (non-hydrogen) atoms. The van der Waals surface area contributed by atoms with E-state index < -0.39 is 28.2 Å². The normalized spacial score (nSPS) is 27.9. The van der Waals surface area contributed by atoms with E-state index in [1.165, 1.54) is 6.08 Å². The van der Waals surface area contributed by atoms with E-state index in [1.807, 2.05) is 34.6 Å². The molecule has 0 aromatic heterocycles. The van der Waals surface area contributed by atoms with E-state index >= 15 is 0 Å². The van der Waals surface area contributed by atoms with Crippen LogP contribution in [0.2, 0.25) is 0 Å². The maximum Gasteiger partial charge on any atom is 0.331 e. The molecule has 0 saturated heterocycles. The van der Waals surface area contributed by atoms with Crippen molar-refractivity contribution in [1.29, 1.82) is 0 Å². The lowest BCUT2D eigenvalue weighted by Gasteiger charge is -2.30. The Balaban J connectivity index is 2.98. The van der Waals surface area contributed by atoms with Crippen molar-refractivity contribution in [2.24, 2.45) is 22.2 Å². The second-order valence-corrected chi connectivity index (χ2v) is 6.73. The van der Waals surface area contributed by atoms with Gasteiger partial charge in [0, 0.05) is 12.0 Å². The zero-order chi connectivity index (χ0) is 15.8. The molecule has 110 valence electrons. The maximum atomic E-state index is 11.8. The molecule has 1 aliphatic rings. The minimum atomic E-state index is -0.886. The summed E-state index contributed by atoms with van der Waals surface area (Å²) in [4.78, 5) is 23.2. The summed E-state index contributed by atoms with van der Waals surface area (Å²) in [6, 6.07) is 0. The summed E-state index contributed by atoms with van der Waals surface area (Å²) < 4.78 is 4.74. The minimum Gasteiger partial charge on any atom is -0.481 e. The first-order chi connectivity index (χ1) is 9.03. The fourth-order valence-electron chi connectivity index (χ4n) is 3.69. The molecule has 0 spiro atoms. The molecular weight excluding hydrogens is 256 g/mol. The quantitative estimate of drug-likeness (QED) is 0.487. The number of carboxylic acids is 1. The highest BCUT2D eigenvalue weighted by Crippen LogP contribution is 2.76. The Bertz CT molecular complexity index is 488. The molecule has 1 fully saturated rings. The van der Waals surface area contributed by atoms with Crippen LogP contribution in [0.3, 0.4) is 0 Å². The van der Waals surface area contributed by atoms with Crippen LogP contribution in [-0.2, 0) is 14.3 Å². The van der Waals surface area contributed by atoms with E-state index in [0.29, 0.717) is 0 Å². The van der Waals surface area contributed by atoms with Crippen LogP contribution in [0.25, 0.3) is 0 Å². The largest absolute Gasteiger partial charge is 0.481 e. The summed E-state index contributed by atoms with van der Waals surface area (Å²) in [5.74, 6) is 0.614. The van der Waals surface area contributed by atoms with Crippen LogP contribution in [0, 0.1) is 34.5 Å². The van der Waals surface area contributed by atoms with Crippen LogP contribution in [0.15, 0.2) is 12.2 Å². The van der Waals surface area contributed by atoms with Gasteiger partial charge in [-0.05, 0) is 10.8 Å². The second-order valence-electron chi connectivity index (χ2n) is 6.73. The van der Waals surface area contributed by atoms with Gasteiger partial charge in [0.25, 0.3) is 0 Å². The number of esters is 1.